The van der Waals surface area contributed by atoms with Gasteiger partial charge in [-0.05, 0) is 6.07 Å². The van der Waals surface area contributed by atoms with Crippen molar-refractivity contribution in [2.75, 3.05) is 29.5 Å². The van der Waals surface area contributed by atoms with Gasteiger partial charge in [0.1, 0.15) is 11.9 Å². The molecule has 1 amide bonds. The molecule has 1 heterocycles. The first-order valence-electron chi connectivity index (χ1n) is 5.53. The van der Waals surface area contributed by atoms with Gasteiger partial charge in [-0.25, -0.2) is 8.78 Å². The maximum absolute atomic E-state index is 12.2. The first-order chi connectivity index (χ1) is 8.97. The van der Waals surface area contributed by atoms with Crippen molar-refractivity contribution >= 4 is 23.0 Å². The van der Waals surface area contributed by atoms with Crippen LogP contribution in [0.25, 0.3) is 0 Å². The lowest BCUT2D eigenvalue weighted by atomic mass is 10.2. The zero-order chi connectivity index (χ0) is 14.0. The number of hydrogen-bond donors (Lipinski definition) is 4. The molecule has 19 heavy (non-hydrogen) atoms. The van der Waals surface area contributed by atoms with Crippen LogP contribution >= 0.6 is 0 Å². The molecule has 1 aliphatic rings. The van der Waals surface area contributed by atoms with Crippen molar-refractivity contribution in [3.05, 3.63) is 12.1 Å². The van der Waals surface area contributed by atoms with Crippen LogP contribution in [0, 0.1) is 0 Å². The number of nitrogens with one attached hydrogen (secondary N) is 2. The van der Waals surface area contributed by atoms with E-state index in [0.29, 0.717) is 17.1 Å². The molecule has 0 spiro atoms. The SMILES string of the molecule is Nc1cc2c(cc1NCC(O)C(F)F)NC(=O)CO2. The molecule has 1 atom stereocenters. The number of alkyl halides is 2. The number of rotatable bonds is 4. The largest absolute Gasteiger partial charge is 0.482 e. The van der Waals surface area contributed by atoms with E-state index < -0.39 is 12.5 Å². The Morgan fingerprint density at radius 1 is 1.53 bits per heavy atom. The number of aliphatic hydroxyl groups is 1. The van der Waals surface area contributed by atoms with Crippen LogP contribution in [0.5, 0.6) is 5.75 Å². The Labute approximate surface area is 107 Å². The van der Waals surface area contributed by atoms with E-state index >= 15 is 0 Å². The normalized spacial score (nSPS) is 15.5. The molecule has 1 aromatic rings. The van der Waals surface area contributed by atoms with Gasteiger partial charge in [-0.1, -0.05) is 0 Å². The van der Waals surface area contributed by atoms with Crippen molar-refractivity contribution in [1.82, 2.24) is 0 Å². The highest BCUT2D eigenvalue weighted by Gasteiger charge is 2.20. The number of amides is 1. The van der Waals surface area contributed by atoms with Crippen molar-refractivity contribution in [2.45, 2.75) is 12.5 Å². The second-order valence-electron chi connectivity index (χ2n) is 4.06. The van der Waals surface area contributed by atoms with Crippen LogP contribution in [0.1, 0.15) is 0 Å². The number of aliphatic hydroxyl groups excluding tert-OH is 1. The average Bonchev–Trinajstić information content (AvgIpc) is 2.36. The van der Waals surface area contributed by atoms with Crippen molar-refractivity contribution in [2.24, 2.45) is 0 Å². The third-order valence-electron chi connectivity index (χ3n) is 2.58. The Kier molecular flexibility index (Phi) is 3.70. The van der Waals surface area contributed by atoms with Crippen LogP contribution in [0.15, 0.2) is 12.1 Å². The van der Waals surface area contributed by atoms with E-state index in [-0.39, 0.29) is 24.7 Å². The summed E-state index contributed by atoms with van der Waals surface area (Å²) in [6, 6.07) is 2.95. The van der Waals surface area contributed by atoms with E-state index in [2.05, 4.69) is 10.6 Å². The van der Waals surface area contributed by atoms with Gasteiger partial charge in [0, 0.05) is 12.6 Å². The van der Waals surface area contributed by atoms with Gasteiger partial charge in [0.2, 0.25) is 0 Å². The molecule has 8 heteroatoms. The predicted octanol–water partition coefficient (Wildman–Crippen LogP) is 0.638. The summed E-state index contributed by atoms with van der Waals surface area (Å²) in [5, 5.41) is 14.2. The minimum atomic E-state index is -2.84. The molecule has 0 bridgehead atoms. The minimum Gasteiger partial charge on any atom is -0.482 e. The van der Waals surface area contributed by atoms with Gasteiger partial charge >= 0.3 is 0 Å². The van der Waals surface area contributed by atoms with E-state index in [1.54, 1.807) is 0 Å². The Balaban J connectivity index is 2.13. The molecule has 1 aliphatic heterocycles. The zero-order valence-corrected chi connectivity index (χ0v) is 9.82. The zero-order valence-electron chi connectivity index (χ0n) is 9.82. The van der Waals surface area contributed by atoms with Gasteiger partial charge in [-0.3, -0.25) is 4.79 Å². The third kappa shape index (κ3) is 3.02. The van der Waals surface area contributed by atoms with Gasteiger partial charge in [0.25, 0.3) is 12.3 Å². The molecule has 1 unspecified atom stereocenters. The number of hydrogen-bond acceptors (Lipinski definition) is 5. The molecule has 0 radical (unpaired) electrons. The highest BCUT2D eigenvalue weighted by molar-refractivity contribution is 5.97. The number of ether oxygens (including phenoxy) is 1. The van der Waals surface area contributed by atoms with Crippen molar-refractivity contribution in [3.63, 3.8) is 0 Å². The summed E-state index contributed by atoms with van der Waals surface area (Å²) in [6.45, 7) is -0.446. The van der Waals surface area contributed by atoms with E-state index in [1.807, 2.05) is 0 Å². The fraction of sp³-hybridized carbons (Fsp3) is 0.364. The molecule has 2 rings (SSSR count). The molecule has 0 saturated carbocycles. The number of fused-ring (bicyclic) bond motifs is 1. The summed E-state index contributed by atoms with van der Waals surface area (Å²) in [7, 11) is 0. The molecule has 0 aromatic heterocycles. The topological polar surface area (TPSA) is 96.6 Å². The summed E-state index contributed by atoms with van der Waals surface area (Å²) in [6.07, 6.45) is -4.63. The number of nitrogens with two attached hydrogens (primary N) is 1. The summed E-state index contributed by atoms with van der Waals surface area (Å²) < 4.78 is 29.5. The van der Waals surface area contributed by atoms with E-state index in [4.69, 9.17) is 15.6 Å². The van der Waals surface area contributed by atoms with Crippen molar-refractivity contribution in [3.8, 4) is 5.75 Å². The highest BCUT2D eigenvalue weighted by Crippen LogP contribution is 2.35. The number of halogens is 2. The quantitative estimate of drug-likeness (QED) is 0.604. The molecule has 5 N–H and O–H groups in total. The summed E-state index contributed by atoms with van der Waals surface area (Å²) >= 11 is 0. The Hall–Kier alpha value is -2.09. The molecule has 1 aromatic carbocycles. The number of nitrogen functional groups attached to an aromatic ring is 1. The monoisotopic (exact) mass is 273 g/mol. The van der Waals surface area contributed by atoms with Crippen molar-refractivity contribution in [1.29, 1.82) is 0 Å². The van der Waals surface area contributed by atoms with Crippen LogP contribution in [0.3, 0.4) is 0 Å². The Morgan fingerprint density at radius 3 is 2.95 bits per heavy atom. The fourth-order valence-electron chi connectivity index (χ4n) is 1.60. The second-order valence-corrected chi connectivity index (χ2v) is 4.06. The van der Waals surface area contributed by atoms with Gasteiger partial charge in [0.15, 0.2) is 6.61 Å². The van der Waals surface area contributed by atoms with Gasteiger partial charge in [-0.2, -0.15) is 0 Å². The lowest BCUT2D eigenvalue weighted by molar-refractivity contribution is -0.118. The number of carbonyl (C=O) groups is 1. The number of benzene rings is 1. The maximum atomic E-state index is 12.2. The summed E-state index contributed by atoms with van der Waals surface area (Å²) in [5.41, 5.74) is 6.73. The van der Waals surface area contributed by atoms with Gasteiger partial charge < -0.3 is 26.2 Å². The number of carbonyl (C=O) groups excluding carboxylic acids is 1. The maximum Gasteiger partial charge on any atom is 0.265 e. The molecular formula is C11H13F2N3O3. The first-order valence-corrected chi connectivity index (χ1v) is 5.53. The van der Waals surface area contributed by atoms with E-state index in [0.717, 1.165) is 0 Å². The highest BCUT2D eigenvalue weighted by atomic mass is 19.3. The van der Waals surface area contributed by atoms with Crippen LogP contribution in [0.2, 0.25) is 0 Å². The molecule has 0 aliphatic carbocycles. The molecular weight excluding hydrogens is 260 g/mol. The Morgan fingerprint density at radius 2 is 2.26 bits per heavy atom. The van der Waals surface area contributed by atoms with Crippen LogP contribution in [0.4, 0.5) is 25.8 Å². The average molecular weight is 273 g/mol. The number of anilines is 3. The van der Waals surface area contributed by atoms with E-state index in [9.17, 15) is 13.6 Å². The molecule has 6 nitrogen and oxygen atoms in total. The van der Waals surface area contributed by atoms with Crippen LogP contribution in [-0.2, 0) is 4.79 Å². The second kappa shape index (κ2) is 5.27. The lowest BCUT2D eigenvalue weighted by Gasteiger charge is -2.21. The Bertz CT molecular complexity index is 496. The van der Waals surface area contributed by atoms with Gasteiger partial charge in [0.05, 0.1) is 17.1 Å². The first kappa shape index (κ1) is 13.3. The molecule has 0 saturated heterocycles. The van der Waals surface area contributed by atoms with Crippen LogP contribution in [-0.4, -0.2) is 36.7 Å². The van der Waals surface area contributed by atoms with Crippen LogP contribution < -0.4 is 21.1 Å². The van der Waals surface area contributed by atoms with Crippen molar-refractivity contribution < 1.29 is 23.4 Å². The molecule has 0 fully saturated rings. The fourth-order valence-corrected chi connectivity index (χ4v) is 1.60. The minimum absolute atomic E-state index is 0.0939. The standard InChI is InChI=1S/C11H13F2N3O3/c12-11(13)8(17)3-15-6-2-7-9(1-5(6)14)19-4-10(18)16-7/h1-2,8,11,15,17H,3-4,14H2,(H,16,18). The predicted molar refractivity (Wildman–Crippen MR) is 65.5 cm³/mol. The third-order valence-corrected chi connectivity index (χ3v) is 2.58. The van der Waals surface area contributed by atoms with E-state index in [1.165, 1.54) is 12.1 Å². The van der Waals surface area contributed by atoms with Gasteiger partial charge in [-0.15, -0.1) is 0 Å². The summed E-state index contributed by atoms with van der Waals surface area (Å²) in [4.78, 5) is 11.2. The lowest BCUT2D eigenvalue weighted by Crippen LogP contribution is -2.28. The smallest absolute Gasteiger partial charge is 0.265 e. The summed E-state index contributed by atoms with van der Waals surface area (Å²) in [5.74, 6) is 0.105. The molecule has 104 valence electrons.